The molecule has 190 valence electrons. The summed E-state index contributed by atoms with van der Waals surface area (Å²) in [6.07, 6.45) is 1.72. The highest BCUT2D eigenvalue weighted by atomic mass is 35.5. The molecule has 9 heteroatoms. The standard InChI is InChI=1S/C28H25ClN2O4S2/c1-4-34-23-14-19(15-24-27(33)31(28(36)37-24)21-7-5-6-18(3)12-21)13-22(29)26(23)35-16-25(32)30-20-10-8-17(2)9-11-20/h5-15H,4,16H2,1-3H3,(H,30,32)/b24-15-. The van der Waals surface area contributed by atoms with Gasteiger partial charge in [-0.1, -0.05) is 65.4 Å². The molecule has 1 saturated heterocycles. The van der Waals surface area contributed by atoms with Gasteiger partial charge in [0.25, 0.3) is 11.8 Å². The first kappa shape index (κ1) is 26.7. The van der Waals surface area contributed by atoms with E-state index < -0.39 is 0 Å². The van der Waals surface area contributed by atoms with Crippen LogP contribution in [0.15, 0.2) is 65.6 Å². The van der Waals surface area contributed by atoms with Crippen molar-refractivity contribution >= 4 is 69.2 Å². The largest absolute Gasteiger partial charge is 0.490 e. The molecule has 4 rings (SSSR count). The third-order valence-corrected chi connectivity index (χ3v) is 6.95. The van der Waals surface area contributed by atoms with Gasteiger partial charge in [-0.05, 0) is 74.4 Å². The number of nitrogens with zero attached hydrogens (tertiary/aromatic N) is 1. The van der Waals surface area contributed by atoms with E-state index in [1.807, 2.05) is 69.3 Å². The summed E-state index contributed by atoms with van der Waals surface area (Å²) in [7, 11) is 0. The molecule has 2 amide bonds. The van der Waals surface area contributed by atoms with E-state index in [2.05, 4.69) is 5.32 Å². The van der Waals surface area contributed by atoms with E-state index >= 15 is 0 Å². The van der Waals surface area contributed by atoms with Crippen molar-refractivity contribution in [1.29, 1.82) is 0 Å². The molecule has 3 aromatic carbocycles. The first-order chi connectivity index (χ1) is 17.7. The van der Waals surface area contributed by atoms with E-state index in [1.165, 1.54) is 16.7 Å². The van der Waals surface area contributed by atoms with Crippen molar-refractivity contribution in [1.82, 2.24) is 0 Å². The predicted octanol–water partition coefficient (Wildman–Crippen LogP) is 6.78. The summed E-state index contributed by atoms with van der Waals surface area (Å²) in [5.74, 6) is 0.0969. The first-order valence-corrected chi connectivity index (χ1v) is 13.2. The van der Waals surface area contributed by atoms with E-state index in [-0.39, 0.29) is 29.2 Å². The van der Waals surface area contributed by atoms with Gasteiger partial charge in [-0.25, -0.2) is 0 Å². The fraction of sp³-hybridized carbons (Fsp3) is 0.179. The van der Waals surface area contributed by atoms with Gasteiger partial charge in [0.1, 0.15) is 0 Å². The summed E-state index contributed by atoms with van der Waals surface area (Å²) >= 11 is 13.2. The Labute approximate surface area is 230 Å². The van der Waals surface area contributed by atoms with Crippen molar-refractivity contribution in [2.45, 2.75) is 20.8 Å². The number of rotatable bonds is 8. The smallest absolute Gasteiger partial charge is 0.270 e. The van der Waals surface area contributed by atoms with E-state index in [4.69, 9.17) is 33.3 Å². The van der Waals surface area contributed by atoms with Gasteiger partial charge in [-0.15, -0.1) is 0 Å². The van der Waals surface area contributed by atoms with Crippen LogP contribution in [0.1, 0.15) is 23.6 Å². The van der Waals surface area contributed by atoms with E-state index in [1.54, 1.807) is 18.2 Å². The number of amides is 2. The van der Waals surface area contributed by atoms with Gasteiger partial charge >= 0.3 is 0 Å². The lowest BCUT2D eigenvalue weighted by molar-refractivity contribution is -0.118. The number of ether oxygens (including phenoxy) is 2. The second kappa shape index (κ2) is 11.8. The zero-order valence-corrected chi connectivity index (χ0v) is 22.9. The summed E-state index contributed by atoms with van der Waals surface area (Å²) in [6.45, 7) is 5.88. The Morgan fingerprint density at radius 1 is 1.08 bits per heavy atom. The Morgan fingerprint density at radius 3 is 2.54 bits per heavy atom. The van der Waals surface area contributed by atoms with Gasteiger partial charge in [-0.2, -0.15) is 0 Å². The number of anilines is 2. The van der Waals surface area contributed by atoms with E-state index in [9.17, 15) is 9.59 Å². The zero-order valence-electron chi connectivity index (χ0n) is 20.5. The van der Waals surface area contributed by atoms with E-state index in [0.717, 1.165) is 16.8 Å². The molecule has 0 unspecified atom stereocenters. The molecule has 37 heavy (non-hydrogen) atoms. The third-order valence-electron chi connectivity index (χ3n) is 5.37. The quantitative estimate of drug-likeness (QED) is 0.245. The topological polar surface area (TPSA) is 67.9 Å². The molecule has 0 aliphatic carbocycles. The zero-order chi connectivity index (χ0) is 26.5. The highest BCUT2D eigenvalue weighted by Crippen LogP contribution is 2.40. The normalized spacial score (nSPS) is 14.3. The van der Waals surface area contributed by atoms with Crippen LogP contribution in [0.2, 0.25) is 5.02 Å². The van der Waals surface area contributed by atoms with Gasteiger partial charge < -0.3 is 14.8 Å². The maximum absolute atomic E-state index is 13.2. The van der Waals surface area contributed by atoms with Crippen LogP contribution in [-0.4, -0.2) is 29.3 Å². The molecule has 1 aliphatic heterocycles. The fourth-order valence-electron chi connectivity index (χ4n) is 3.65. The second-order valence-electron chi connectivity index (χ2n) is 8.32. The molecule has 0 radical (unpaired) electrons. The summed E-state index contributed by atoms with van der Waals surface area (Å²) in [4.78, 5) is 27.5. The maximum Gasteiger partial charge on any atom is 0.270 e. The SMILES string of the molecule is CCOc1cc(/C=C2\SC(=S)N(c3cccc(C)c3)C2=O)cc(Cl)c1OCC(=O)Nc1ccc(C)cc1. The molecule has 6 nitrogen and oxygen atoms in total. The molecule has 0 atom stereocenters. The van der Waals surface area contributed by atoms with Crippen LogP contribution in [0, 0.1) is 13.8 Å². The highest BCUT2D eigenvalue weighted by molar-refractivity contribution is 8.27. The van der Waals surface area contributed by atoms with Gasteiger partial charge in [0.05, 0.1) is 22.2 Å². The lowest BCUT2D eigenvalue weighted by Gasteiger charge is -2.15. The Hall–Kier alpha value is -3.33. The molecule has 1 heterocycles. The molecule has 0 aromatic heterocycles. The second-order valence-corrected chi connectivity index (χ2v) is 10.4. The molecular formula is C28H25ClN2O4S2. The summed E-state index contributed by atoms with van der Waals surface area (Å²) in [6, 6.07) is 18.5. The van der Waals surface area contributed by atoms with Crippen LogP contribution >= 0.6 is 35.6 Å². The summed E-state index contributed by atoms with van der Waals surface area (Å²) < 4.78 is 11.9. The Balaban J connectivity index is 1.52. The van der Waals surface area contributed by atoms with Gasteiger partial charge in [0.2, 0.25) is 0 Å². The lowest BCUT2D eigenvalue weighted by Crippen LogP contribution is -2.27. The average molecular weight is 553 g/mol. The minimum absolute atomic E-state index is 0.206. The van der Waals surface area contributed by atoms with Crippen LogP contribution in [0.3, 0.4) is 0 Å². The minimum atomic E-state index is -0.328. The van der Waals surface area contributed by atoms with Gasteiger partial charge in [0.15, 0.2) is 22.4 Å². The van der Waals surface area contributed by atoms with Crippen molar-refractivity contribution in [2.75, 3.05) is 23.4 Å². The van der Waals surface area contributed by atoms with Crippen LogP contribution in [0.4, 0.5) is 11.4 Å². The van der Waals surface area contributed by atoms with E-state index in [0.29, 0.717) is 32.8 Å². The Bertz CT molecular complexity index is 1390. The molecule has 1 aliphatic rings. The number of hydrogen-bond donors (Lipinski definition) is 1. The average Bonchev–Trinajstić information content (AvgIpc) is 3.12. The number of benzene rings is 3. The summed E-state index contributed by atoms with van der Waals surface area (Å²) in [5.41, 5.74) is 4.18. The maximum atomic E-state index is 13.2. The van der Waals surface area contributed by atoms with Crippen LogP contribution in [-0.2, 0) is 9.59 Å². The predicted molar refractivity (Wildman–Crippen MR) is 155 cm³/mol. The van der Waals surface area contributed by atoms with Crippen LogP contribution < -0.4 is 19.7 Å². The van der Waals surface area contributed by atoms with Crippen LogP contribution in [0.25, 0.3) is 6.08 Å². The number of carbonyl (C=O) groups excluding carboxylic acids is 2. The molecule has 1 N–H and O–H groups in total. The molecule has 3 aromatic rings. The van der Waals surface area contributed by atoms with Crippen molar-refractivity contribution in [3.05, 3.63) is 87.3 Å². The number of thiocarbonyl (C=S) groups is 1. The Kier molecular flexibility index (Phi) is 8.53. The number of hydrogen-bond acceptors (Lipinski definition) is 6. The number of aryl methyl sites for hydroxylation is 2. The molecular weight excluding hydrogens is 528 g/mol. The number of halogens is 1. The Morgan fingerprint density at radius 2 is 1.84 bits per heavy atom. The van der Waals surface area contributed by atoms with Gasteiger partial charge in [0, 0.05) is 5.69 Å². The van der Waals surface area contributed by atoms with Gasteiger partial charge in [-0.3, -0.25) is 14.5 Å². The van der Waals surface area contributed by atoms with Crippen molar-refractivity contribution in [3.8, 4) is 11.5 Å². The van der Waals surface area contributed by atoms with Crippen molar-refractivity contribution < 1.29 is 19.1 Å². The number of nitrogens with one attached hydrogen (secondary N) is 1. The van der Waals surface area contributed by atoms with Crippen LogP contribution in [0.5, 0.6) is 11.5 Å². The molecule has 1 fully saturated rings. The minimum Gasteiger partial charge on any atom is -0.490 e. The van der Waals surface area contributed by atoms with Crippen molar-refractivity contribution in [3.63, 3.8) is 0 Å². The molecule has 0 saturated carbocycles. The van der Waals surface area contributed by atoms with Crippen molar-refractivity contribution in [2.24, 2.45) is 0 Å². The monoisotopic (exact) mass is 552 g/mol. The third kappa shape index (κ3) is 6.52. The fourth-order valence-corrected chi connectivity index (χ4v) is 5.23. The number of thioether (sulfide) groups is 1. The molecule has 0 spiro atoms. The number of carbonyl (C=O) groups is 2. The highest BCUT2D eigenvalue weighted by Gasteiger charge is 2.33. The molecule has 0 bridgehead atoms. The first-order valence-electron chi connectivity index (χ1n) is 11.6. The lowest BCUT2D eigenvalue weighted by atomic mass is 10.1. The summed E-state index contributed by atoms with van der Waals surface area (Å²) in [5, 5.41) is 3.04.